The van der Waals surface area contributed by atoms with Crippen molar-refractivity contribution in [1.82, 2.24) is 4.90 Å². The molecule has 1 aromatic rings. The Labute approximate surface area is 154 Å². The molecule has 2 heterocycles. The molecule has 0 spiro atoms. The van der Waals surface area contributed by atoms with Gasteiger partial charge in [0.05, 0.1) is 21.6 Å². The van der Waals surface area contributed by atoms with Gasteiger partial charge >= 0.3 is 5.97 Å². The van der Waals surface area contributed by atoms with E-state index in [0.29, 0.717) is 28.6 Å². The van der Waals surface area contributed by atoms with Crippen molar-refractivity contribution >= 4 is 46.5 Å². The predicted octanol–water partition coefficient (Wildman–Crippen LogP) is 1.63. The summed E-state index contributed by atoms with van der Waals surface area (Å²) < 4.78 is 5.43. The minimum atomic E-state index is -0.618. The number of carbonyl (C=O) groups is 4. The van der Waals surface area contributed by atoms with Crippen LogP contribution in [0.3, 0.4) is 0 Å². The van der Waals surface area contributed by atoms with Crippen LogP contribution < -0.4 is 5.73 Å². The molecule has 1 aromatic heterocycles. The van der Waals surface area contributed by atoms with E-state index in [1.54, 1.807) is 12.1 Å². The molecular formula is C16H19ClN2O5S. The van der Waals surface area contributed by atoms with Crippen molar-refractivity contribution in [3.8, 4) is 0 Å². The zero-order valence-corrected chi connectivity index (χ0v) is 15.1. The van der Waals surface area contributed by atoms with E-state index in [-0.39, 0.29) is 37.0 Å². The van der Waals surface area contributed by atoms with Gasteiger partial charge in [0.2, 0.25) is 5.91 Å². The summed E-state index contributed by atoms with van der Waals surface area (Å²) in [5.74, 6) is -1.96. The summed E-state index contributed by atoms with van der Waals surface area (Å²) >= 11 is 6.91. The fourth-order valence-corrected chi connectivity index (χ4v) is 3.56. The summed E-state index contributed by atoms with van der Waals surface area (Å²) in [4.78, 5) is 48.8. The Hall–Kier alpha value is -1.93. The zero-order valence-electron chi connectivity index (χ0n) is 13.5. The summed E-state index contributed by atoms with van der Waals surface area (Å²) in [5, 5.41) is 0. The van der Waals surface area contributed by atoms with E-state index in [1.165, 1.54) is 4.90 Å². The highest BCUT2D eigenvalue weighted by Gasteiger charge is 2.27. The van der Waals surface area contributed by atoms with Crippen LogP contribution in [-0.2, 0) is 19.1 Å². The number of nitrogens with zero attached hydrogens (tertiary/aromatic N) is 1. The second kappa shape index (κ2) is 8.96. The molecule has 9 heteroatoms. The van der Waals surface area contributed by atoms with Crippen LogP contribution in [0.25, 0.3) is 0 Å². The first-order valence-corrected chi connectivity index (χ1v) is 9.07. The highest BCUT2D eigenvalue weighted by molar-refractivity contribution is 7.18. The molecule has 0 saturated carbocycles. The second-order valence-corrected chi connectivity index (χ2v) is 7.48. The van der Waals surface area contributed by atoms with E-state index < -0.39 is 18.5 Å². The number of likely N-dealkylation sites (tertiary alicyclic amines) is 1. The van der Waals surface area contributed by atoms with Crippen LogP contribution in [0.1, 0.15) is 35.4 Å². The van der Waals surface area contributed by atoms with E-state index in [2.05, 4.69) is 0 Å². The number of ketones is 1. The van der Waals surface area contributed by atoms with E-state index in [0.717, 1.165) is 11.3 Å². The van der Waals surface area contributed by atoms with Crippen molar-refractivity contribution in [2.24, 2.45) is 11.7 Å². The fraction of sp³-hybridized carbons (Fsp3) is 0.500. The van der Waals surface area contributed by atoms with Crippen LogP contribution in [0.4, 0.5) is 0 Å². The van der Waals surface area contributed by atoms with Crippen molar-refractivity contribution < 1.29 is 23.9 Å². The largest absolute Gasteiger partial charge is 0.456 e. The van der Waals surface area contributed by atoms with Crippen molar-refractivity contribution in [2.75, 3.05) is 19.7 Å². The molecule has 1 aliphatic heterocycles. The van der Waals surface area contributed by atoms with Gasteiger partial charge in [-0.25, -0.2) is 0 Å². The molecule has 0 bridgehead atoms. The maximum absolute atomic E-state index is 12.0. The van der Waals surface area contributed by atoms with E-state index in [9.17, 15) is 19.2 Å². The van der Waals surface area contributed by atoms with Gasteiger partial charge in [0.1, 0.15) is 0 Å². The van der Waals surface area contributed by atoms with Gasteiger partial charge in [0.25, 0.3) is 5.91 Å². The molecule has 2 amide bonds. The Morgan fingerprint density at radius 2 is 2.04 bits per heavy atom. The first-order valence-electron chi connectivity index (χ1n) is 7.88. The number of primary amides is 1. The SMILES string of the molecule is NC(=O)[C@@H]1CCCN(C(=O)COC(=O)CCC(=O)c2ccc(Cl)s2)C1. The molecular weight excluding hydrogens is 368 g/mol. The van der Waals surface area contributed by atoms with Crippen LogP contribution >= 0.6 is 22.9 Å². The standard InChI is InChI=1S/C16H19ClN2O5S/c17-13-5-4-12(25-13)11(20)3-6-15(22)24-9-14(21)19-7-1-2-10(8-19)16(18)23/h4-5,10H,1-3,6-9H2,(H2,18,23)/t10-/m1/s1. The van der Waals surface area contributed by atoms with Gasteiger partial charge in [-0.1, -0.05) is 11.6 Å². The third-order valence-corrected chi connectivity index (χ3v) is 5.21. The van der Waals surface area contributed by atoms with Gasteiger partial charge in [-0.2, -0.15) is 0 Å². The average Bonchev–Trinajstić information content (AvgIpc) is 3.04. The third-order valence-electron chi connectivity index (χ3n) is 3.94. The van der Waals surface area contributed by atoms with E-state index in [1.807, 2.05) is 0 Å². The monoisotopic (exact) mass is 386 g/mol. The summed E-state index contributed by atoms with van der Waals surface area (Å²) in [7, 11) is 0. The van der Waals surface area contributed by atoms with Crippen LogP contribution in [0, 0.1) is 5.92 Å². The first kappa shape index (κ1) is 19.4. The molecule has 1 atom stereocenters. The van der Waals surface area contributed by atoms with Crippen molar-refractivity contribution in [2.45, 2.75) is 25.7 Å². The molecule has 1 aliphatic rings. The normalized spacial score (nSPS) is 17.2. The smallest absolute Gasteiger partial charge is 0.306 e. The van der Waals surface area contributed by atoms with Crippen LogP contribution in [-0.4, -0.2) is 48.2 Å². The topological polar surface area (TPSA) is 107 Å². The number of piperidine rings is 1. The highest BCUT2D eigenvalue weighted by Crippen LogP contribution is 2.23. The Morgan fingerprint density at radius 1 is 1.28 bits per heavy atom. The van der Waals surface area contributed by atoms with E-state index >= 15 is 0 Å². The van der Waals surface area contributed by atoms with Gasteiger partial charge in [-0.05, 0) is 25.0 Å². The maximum Gasteiger partial charge on any atom is 0.306 e. The van der Waals surface area contributed by atoms with Crippen molar-refractivity contribution in [3.05, 3.63) is 21.3 Å². The number of hydrogen-bond donors (Lipinski definition) is 1. The minimum absolute atomic E-state index is 0.00265. The number of ether oxygens (including phenoxy) is 1. The Balaban J connectivity index is 1.71. The Bertz CT molecular complexity index is 675. The van der Waals surface area contributed by atoms with Gasteiger partial charge in [-0.3, -0.25) is 19.2 Å². The van der Waals surface area contributed by atoms with Gasteiger partial charge < -0.3 is 15.4 Å². The fourth-order valence-electron chi connectivity index (χ4n) is 2.54. The Morgan fingerprint density at radius 3 is 2.68 bits per heavy atom. The summed E-state index contributed by atoms with van der Waals surface area (Å²) in [5.41, 5.74) is 5.27. The minimum Gasteiger partial charge on any atom is -0.456 e. The molecule has 1 saturated heterocycles. The lowest BCUT2D eigenvalue weighted by Gasteiger charge is -2.31. The lowest BCUT2D eigenvalue weighted by atomic mass is 9.97. The second-order valence-electron chi connectivity index (χ2n) is 5.77. The number of hydrogen-bond acceptors (Lipinski definition) is 6. The number of nitrogens with two attached hydrogens (primary N) is 1. The summed E-state index contributed by atoms with van der Waals surface area (Å²) in [6.07, 6.45) is 1.24. The Kier molecular flexibility index (Phi) is 6.95. The summed E-state index contributed by atoms with van der Waals surface area (Å²) in [6.45, 7) is 0.366. The average molecular weight is 387 g/mol. The molecule has 0 aliphatic carbocycles. The number of esters is 1. The molecule has 2 N–H and O–H groups in total. The van der Waals surface area contributed by atoms with E-state index in [4.69, 9.17) is 22.1 Å². The highest BCUT2D eigenvalue weighted by atomic mass is 35.5. The lowest BCUT2D eigenvalue weighted by molar-refractivity contribution is -0.153. The van der Waals surface area contributed by atoms with Crippen LogP contribution in [0.5, 0.6) is 0 Å². The molecule has 0 unspecified atom stereocenters. The van der Waals surface area contributed by atoms with Gasteiger partial charge in [0, 0.05) is 19.5 Å². The number of halogens is 1. The third kappa shape index (κ3) is 5.82. The lowest BCUT2D eigenvalue weighted by Crippen LogP contribution is -2.45. The number of rotatable bonds is 7. The zero-order chi connectivity index (χ0) is 18.4. The molecule has 0 radical (unpaired) electrons. The van der Waals surface area contributed by atoms with Crippen molar-refractivity contribution in [3.63, 3.8) is 0 Å². The number of carbonyl (C=O) groups excluding carboxylic acids is 4. The summed E-state index contributed by atoms with van der Waals surface area (Å²) in [6, 6.07) is 3.23. The van der Waals surface area contributed by atoms with Crippen LogP contribution in [0.15, 0.2) is 12.1 Å². The molecule has 2 rings (SSSR count). The maximum atomic E-state index is 12.0. The molecule has 1 fully saturated rings. The number of Topliss-reactive ketones (excluding diaryl/α,β-unsaturated/α-hetero) is 1. The quantitative estimate of drug-likeness (QED) is 0.566. The number of thiophene rings is 1. The number of amides is 2. The molecule has 0 aromatic carbocycles. The van der Waals surface area contributed by atoms with Gasteiger partial charge in [-0.15, -0.1) is 11.3 Å². The molecule has 25 heavy (non-hydrogen) atoms. The van der Waals surface area contributed by atoms with Gasteiger partial charge in [0.15, 0.2) is 12.4 Å². The molecule has 7 nitrogen and oxygen atoms in total. The van der Waals surface area contributed by atoms with Crippen LogP contribution in [0.2, 0.25) is 4.34 Å². The molecule has 136 valence electrons. The van der Waals surface area contributed by atoms with Crippen molar-refractivity contribution in [1.29, 1.82) is 0 Å². The first-order chi connectivity index (χ1) is 11.9. The predicted molar refractivity (Wildman–Crippen MR) is 92.4 cm³/mol.